The van der Waals surface area contributed by atoms with Crippen LogP contribution in [0.5, 0.6) is 0 Å². The minimum atomic E-state index is -1.58. The number of nitrogens with zero attached hydrogens (tertiary/aromatic N) is 3. The van der Waals surface area contributed by atoms with Crippen LogP contribution in [0.25, 0.3) is 0 Å². The van der Waals surface area contributed by atoms with Crippen molar-refractivity contribution in [3.8, 4) is 0 Å². The van der Waals surface area contributed by atoms with Crippen LogP contribution in [0, 0.1) is 10.1 Å². The molecule has 1 heterocycles. The van der Waals surface area contributed by atoms with E-state index in [0.717, 1.165) is 15.5 Å². The van der Waals surface area contributed by atoms with E-state index in [-0.39, 0.29) is 13.1 Å². The van der Waals surface area contributed by atoms with Gasteiger partial charge < -0.3 is 19.7 Å². The summed E-state index contributed by atoms with van der Waals surface area (Å²) in [6, 6.07) is 2.40. The third-order valence-electron chi connectivity index (χ3n) is 3.25. The van der Waals surface area contributed by atoms with Gasteiger partial charge in [0.15, 0.2) is 0 Å². The summed E-state index contributed by atoms with van der Waals surface area (Å²) in [7, 11) is 0. The van der Waals surface area contributed by atoms with Crippen molar-refractivity contribution >= 4 is 11.8 Å². The minimum absolute atomic E-state index is 0.249. The van der Waals surface area contributed by atoms with Crippen LogP contribution in [0.2, 0.25) is 0 Å². The molecule has 2 N–H and O–H groups in total. The van der Waals surface area contributed by atoms with Crippen LogP contribution in [-0.2, 0) is 6.54 Å². The van der Waals surface area contributed by atoms with Crippen LogP contribution < -0.4 is 5.56 Å². The van der Waals surface area contributed by atoms with Gasteiger partial charge in [0.2, 0.25) is 0 Å². The molecule has 1 rings (SSSR count). The van der Waals surface area contributed by atoms with E-state index in [9.17, 15) is 29.9 Å². The summed E-state index contributed by atoms with van der Waals surface area (Å²) in [6.45, 7) is 5.89. The van der Waals surface area contributed by atoms with Crippen molar-refractivity contribution in [3.63, 3.8) is 0 Å². The summed E-state index contributed by atoms with van der Waals surface area (Å²) in [4.78, 5) is 34.4. The number of rotatable bonds is 5. The summed E-state index contributed by atoms with van der Waals surface area (Å²) < 4.78 is 1.00. The number of amides is 1. The molecule has 0 aliphatic rings. The Hall–Kier alpha value is -2.42. The fourth-order valence-corrected chi connectivity index (χ4v) is 2.14. The first-order valence-electron chi connectivity index (χ1n) is 6.92. The average molecular weight is 327 g/mol. The second kappa shape index (κ2) is 6.37. The Kier molecular flexibility index (Phi) is 5.16. The van der Waals surface area contributed by atoms with Gasteiger partial charge in [-0.15, -0.1) is 0 Å². The summed E-state index contributed by atoms with van der Waals surface area (Å²) in [5.41, 5.74) is -3.78. The highest BCUT2D eigenvalue weighted by molar-refractivity contribution is 5.66. The molecule has 0 fully saturated rings. The number of pyridine rings is 1. The van der Waals surface area contributed by atoms with Gasteiger partial charge in [0.1, 0.15) is 0 Å². The van der Waals surface area contributed by atoms with Gasteiger partial charge in [-0.3, -0.25) is 14.9 Å². The van der Waals surface area contributed by atoms with E-state index >= 15 is 0 Å². The zero-order valence-corrected chi connectivity index (χ0v) is 13.5. The molecule has 1 unspecified atom stereocenters. The Morgan fingerprint density at radius 1 is 1.39 bits per heavy atom. The second-order valence-electron chi connectivity index (χ2n) is 6.62. The fraction of sp³-hybridized carbons (Fsp3) is 0.571. The van der Waals surface area contributed by atoms with E-state index in [4.69, 9.17) is 0 Å². The molecule has 0 saturated heterocycles. The van der Waals surface area contributed by atoms with E-state index < -0.39 is 33.4 Å². The maximum atomic E-state index is 12.0. The van der Waals surface area contributed by atoms with Crippen molar-refractivity contribution in [2.75, 3.05) is 6.54 Å². The first-order chi connectivity index (χ1) is 10.3. The summed E-state index contributed by atoms with van der Waals surface area (Å²) in [5, 5.41) is 30.5. The predicted octanol–water partition coefficient (Wildman–Crippen LogP) is 1.29. The second-order valence-corrected chi connectivity index (χ2v) is 6.62. The van der Waals surface area contributed by atoms with Crippen LogP contribution >= 0.6 is 0 Å². The Balaban J connectivity index is 3.08. The van der Waals surface area contributed by atoms with Gasteiger partial charge >= 0.3 is 17.3 Å². The predicted molar refractivity (Wildman–Crippen MR) is 82.5 cm³/mol. The largest absolute Gasteiger partial charge is 0.465 e. The zero-order chi connectivity index (χ0) is 18.0. The highest BCUT2D eigenvalue weighted by Gasteiger charge is 2.34. The van der Waals surface area contributed by atoms with Crippen LogP contribution in [-0.4, -0.2) is 48.4 Å². The molecule has 0 spiro atoms. The standard InChI is InChI=1S/C14H21N3O6/c1-13(2,3)16(12(19)20)9-14(4,21)8-15-7-5-6-10(11(15)18)17(22)23/h5-7,21H,8-9H2,1-4H3,(H,19,20). The van der Waals surface area contributed by atoms with Gasteiger partial charge in [0.05, 0.1) is 23.6 Å². The molecule has 9 heteroatoms. The lowest BCUT2D eigenvalue weighted by atomic mass is 10.0. The molecule has 1 aromatic heterocycles. The highest BCUT2D eigenvalue weighted by atomic mass is 16.6. The van der Waals surface area contributed by atoms with Crippen molar-refractivity contribution in [2.45, 2.75) is 45.4 Å². The van der Waals surface area contributed by atoms with E-state index in [1.54, 1.807) is 20.8 Å². The minimum Gasteiger partial charge on any atom is -0.465 e. The van der Waals surface area contributed by atoms with Crippen molar-refractivity contribution < 1.29 is 19.9 Å². The topological polar surface area (TPSA) is 126 Å². The van der Waals surface area contributed by atoms with E-state index in [2.05, 4.69) is 0 Å². The maximum Gasteiger partial charge on any atom is 0.407 e. The normalized spacial score (nSPS) is 14.1. The number of hydrogen-bond acceptors (Lipinski definition) is 5. The van der Waals surface area contributed by atoms with Crippen molar-refractivity contribution in [1.29, 1.82) is 0 Å². The van der Waals surface area contributed by atoms with Gasteiger partial charge in [0.25, 0.3) is 0 Å². The van der Waals surface area contributed by atoms with Crippen LogP contribution in [0.4, 0.5) is 10.5 Å². The molecule has 0 radical (unpaired) electrons. The molecular weight excluding hydrogens is 306 g/mol. The number of β-amino-alcohol motifs (C(OH)–C–C–N with tert-alkyl or cyclic N) is 1. The first-order valence-corrected chi connectivity index (χ1v) is 6.92. The molecule has 0 aliphatic heterocycles. The molecule has 128 valence electrons. The zero-order valence-electron chi connectivity index (χ0n) is 13.5. The number of aromatic nitrogens is 1. The van der Waals surface area contributed by atoms with E-state index in [1.807, 2.05) is 0 Å². The van der Waals surface area contributed by atoms with Gasteiger partial charge in [-0.2, -0.15) is 0 Å². The van der Waals surface area contributed by atoms with E-state index in [0.29, 0.717) is 0 Å². The Labute approximate surface area is 132 Å². The molecule has 0 bridgehead atoms. The number of hydrogen-bond donors (Lipinski definition) is 2. The summed E-state index contributed by atoms with van der Waals surface area (Å²) in [5.74, 6) is 0. The van der Waals surface area contributed by atoms with Gasteiger partial charge in [-0.25, -0.2) is 4.79 Å². The molecule has 23 heavy (non-hydrogen) atoms. The Morgan fingerprint density at radius 2 is 1.96 bits per heavy atom. The number of nitro groups is 1. The number of carboxylic acid groups (broad SMARTS) is 1. The van der Waals surface area contributed by atoms with Gasteiger partial charge in [-0.1, -0.05) is 0 Å². The molecule has 1 amide bonds. The maximum absolute atomic E-state index is 12.0. The Bertz CT molecular complexity index is 659. The molecule has 0 aliphatic carbocycles. The molecule has 1 aromatic rings. The van der Waals surface area contributed by atoms with Crippen molar-refractivity contribution in [3.05, 3.63) is 38.8 Å². The number of carbonyl (C=O) groups is 1. The van der Waals surface area contributed by atoms with Gasteiger partial charge in [-0.05, 0) is 33.8 Å². The van der Waals surface area contributed by atoms with Gasteiger partial charge in [0, 0.05) is 17.8 Å². The summed E-state index contributed by atoms with van der Waals surface area (Å²) >= 11 is 0. The third kappa shape index (κ3) is 4.78. The molecule has 9 nitrogen and oxygen atoms in total. The molecular formula is C14H21N3O6. The molecule has 1 atom stereocenters. The molecule has 0 saturated carbocycles. The third-order valence-corrected chi connectivity index (χ3v) is 3.25. The quantitative estimate of drug-likeness (QED) is 0.620. The smallest absolute Gasteiger partial charge is 0.407 e. The monoisotopic (exact) mass is 327 g/mol. The lowest BCUT2D eigenvalue weighted by molar-refractivity contribution is -0.386. The van der Waals surface area contributed by atoms with Crippen molar-refractivity contribution in [2.24, 2.45) is 0 Å². The van der Waals surface area contributed by atoms with E-state index in [1.165, 1.54) is 19.2 Å². The first kappa shape index (κ1) is 18.6. The lowest BCUT2D eigenvalue weighted by Gasteiger charge is -2.38. The highest BCUT2D eigenvalue weighted by Crippen LogP contribution is 2.19. The SMILES string of the molecule is CC(O)(CN(C(=O)O)C(C)(C)C)Cn1cccc([N+](=O)[O-])c1=O. The Morgan fingerprint density at radius 3 is 2.39 bits per heavy atom. The average Bonchev–Trinajstić information content (AvgIpc) is 2.36. The van der Waals surface area contributed by atoms with Crippen LogP contribution in [0.15, 0.2) is 23.1 Å². The molecule has 0 aromatic carbocycles. The van der Waals surface area contributed by atoms with Crippen LogP contribution in [0.3, 0.4) is 0 Å². The summed E-state index contributed by atoms with van der Waals surface area (Å²) in [6.07, 6.45) is 0.107. The van der Waals surface area contributed by atoms with Crippen molar-refractivity contribution in [1.82, 2.24) is 9.47 Å². The fourth-order valence-electron chi connectivity index (χ4n) is 2.14. The lowest BCUT2D eigenvalue weighted by Crippen LogP contribution is -2.53. The number of aliphatic hydroxyl groups is 1. The van der Waals surface area contributed by atoms with Crippen LogP contribution in [0.1, 0.15) is 27.7 Å².